The van der Waals surface area contributed by atoms with E-state index in [1.54, 1.807) is 43.4 Å². The van der Waals surface area contributed by atoms with Crippen molar-refractivity contribution in [2.75, 3.05) is 11.9 Å². The van der Waals surface area contributed by atoms with E-state index in [9.17, 15) is 9.59 Å². The molecule has 0 spiro atoms. The molecule has 2 aromatic rings. The van der Waals surface area contributed by atoms with Crippen molar-refractivity contribution in [2.45, 2.75) is 6.92 Å². The molecule has 0 fully saturated rings. The van der Waals surface area contributed by atoms with E-state index in [1.165, 1.54) is 4.90 Å². The Morgan fingerprint density at radius 2 is 1.70 bits per heavy atom. The predicted molar refractivity (Wildman–Crippen MR) is 80.5 cm³/mol. The lowest BCUT2D eigenvalue weighted by Gasteiger charge is -2.11. The van der Waals surface area contributed by atoms with Gasteiger partial charge in [-0.25, -0.2) is 0 Å². The molecule has 0 aliphatic heterocycles. The van der Waals surface area contributed by atoms with Crippen LogP contribution < -0.4 is 4.90 Å². The first-order valence-electron chi connectivity index (χ1n) is 6.12. The van der Waals surface area contributed by atoms with Gasteiger partial charge in [0.05, 0.1) is 0 Å². The van der Waals surface area contributed by atoms with Crippen LogP contribution in [0.15, 0.2) is 42.5 Å². The van der Waals surface area contributed by atoms with Crippen molar-refractivity contribution in [1.82, 2.24) is 0 Å². The molecule has 0 saturated heterocycles. The Morgan fingerprint density at radius 1 is 1.10 bits per heavy atom. The second-order valence-corrected chi connectivity index (χ2v) is 4.96. The van der Waals surface area contributed by atoms with Crippen LogP contribution in [0.4, 0.5) is 5.69 Å². The lowest BCUT2D eigenvalue weighted by Crippen LogP contribution is -2.13. The van der Waals surface area contributed by atoms with Gasteiger partial charge in [0.2, 0.25) is 6.41 Å². The Kier molecular flexibility index (Phi) is 4.20. The van der Waals surface area contributed by atoms with Gasteiger partial charge in [-0.15, -0.1) is 0 Å². The summed E-state index contributed by atoms with van der Waals surface area (Å²) in [4.78, 5) is 24.4. The largest absolute Gasteiger partial charge is 0.318 e. The molecule has 0 N–H and O–H groups in total. The molecule has 3 nitrogen and oxygen atoms in total. The van der Waals surface area contributed by atoms with Crippen molar-refractivity contribution in [3.8, 4) is 0 Å². The zero-order chi connectivity index (χ0) is 14.7. The molecule has 0 aliphatic rings. The summed E-state index contributed by atoms with van der Waals surface area (Å²) < 4.78 is 0. The number of ketones is 1. The Hall–Kier alpha value is -2.13. The molecular weight excluding hydrogens is 274 g/mol. The smallest absolute Gasteiger partial charge is 0.213 e. The van der Waals surface area contributed by atoms with E-state index < -0.39 is 0 Å². The number of halogens is 1. The van der Waals surface area contributed by atoms with Crippen LogP contribution in [0.1, 0.15) is 21.5 Å². The molecule has 0 bridgehead atoms. The third-order valence-electron chi connectivity index (χ3n) is 3.13. The fraction of sp³-hybridized carbons (Fsp3) is 0.125. The number of hydrogen-bond donors (Lipinski definition) is 0. The first-order valence-corrected chi connectivity index (χ1v) is 6.50. The summed E-state index contributed by atoms with van der Waals surface area (Å²) in [6, 6.07) is 12.1. The van der Waals surface area contributed by atoms with E-state index in [4.69, 9.17) is 11.6 Å². The Labute approximate surface area is 122 Å². The summed E-state index contributed by atoms with van der Waals surface area (Å²) in [5, 5.41) is 0.577. The van der Waals surface area contributed by atoms with E-state index in [0.29, 0.717) is 16.1 Å². The number of aryl methyl sites for hydroxylation is 1. The van der Waals surface area contributed by atoms with Gasteiger partial charge in [0.15, 0.2) is 5.78 Å². The van der Waals surface area contributed by atoms with Gasteiger partial charge in [-0.1, -0.05) is 23.7 Å². The maximum Gasteiger partial charge on any atom is 0.213 e. The molecule has 0 radical (unpaired) electrons. The summed E-state index contributed by atoms with van der Waals surface area (Å²) in [7, 11) is 1.66. The second kappa shape index (κ2) is 5.88. The quantitative estimate of drug-likeness (QED) is 0.638. The minimum Gasteiger partial charge on any atom is -0.318 e. The van der Waals surface area contributed by atoms with E-state index >= 15 is 0 Å². The zero-order valence-electron chi connectivity index (χ0n) is 11.3. The van der Waals surface area contributed by atoms with Crippen molar-refractivity contribution < 1.29 is 9.59 Å². The maximum atomic E-state index is 12.3. The molecule has 1 amide bonds. The van der Waals surface area contributed by atoms with E-state index in [0.717, 1.165) is 17.7 Å². The Balaban J connectivity index is 2.29. The van der Waals surface area contributed by atoms with Gasteiger partial charge in [0.1, 0.15) is 0 Å². The van der Waals surface area contributed by atoms with Crippen LogP contribution >= 0.6 is 11.6 Å². The molecule has 0 saturated carbocycles. The van der Waals surface area contributed by atoms with Crippen LogP contribution in [0, 0.1) is 6.92 Å². The first kappa shape index (κ1) is 14.3. The molecule has 2 aromatic carbocycles. The highest BCUT2D eigenvalue weighted by atomic mass is 35.5. The highest BCUT2D eigenvalue weighted by Gasteiger charge is 2.10. The highest BCUT2D eigenvalue weighted by molar-refractivity contribution is 6.31. The van der Waals surface area contributed by atoms with Gasteiger partial charge < -0.3 is 4.90 Å². The molecule has 4 heteroatoms. The number of amides is 1. The normalized spacial score (nSPS) is 10.2. The first-order chi connectivity index (χ1) is 9.52. The average molecular weight is 288 g/mol. The molecule has 0 aliphatic carbocycles. The lowest BCUT2D eigenvalue weighted by atomic mass is 10.0. The number of carbonyl (C=O) groups excluding carboxylic acids is 2. The van der Waals surface area contributed by atoms with Crippen LogP contribution in [0.5, 0.6) is 0 Å². The van der Waals surface area contributed by atoms with Crippen molar-refractivity contribution in [2.24, 2.45) is 0 Å². The third kappa shape index (κ3) is 2.89. The van der Waals surface area contributed by atoms with Gasteiger partial charge in [-0.3, -0.25) is 9.59 Å². The summed E-state index contributed by atoms with van der Waals surface area (Å²) >= 11 is 6.03. The average Bonchev–Trinajstić information content (AvgIpc) is 2.48. The zero-order valence-corrected chi connectivity index (χ0v) is 12.0. The predicted octanol–water partition coefficient (Wildman–Crippen LogP) is 3.47. The number of nitrogens with zero attached hydrogens (tertiary/aromatic N) is 1. The molecule has 0 atom stereocenters. The van der Waals surface area contributed by atoms with E-state index in [-0.39, 0.29) is 5.78 Å². The van der Waals surface area contributed by atoms with Gasteiger partial charge >= 0.3 is 0 Å². The second-order valence-electron chi connectivity index (χ2n) is 4.56. The van der Waals surface area contributed by atoms with E-state index in [2.05, 4.69) is 0 Å². The van der Waals surface area contributed by atoms with Crippen molar-refractivity contribution >= 4 is 29.5 Å². The number of carbonyl (C=O) groups is 2. The SMILES string of the molecule is Cc1ccc(C(=O)c2ccc(N(C)C=O)cc2)cc1Cl. The topological polar surface area (TPSA) is 37.4 Å². The van der Waals surface area contributed by atoms with E-state index in [1.807, 2.05) is 13.0 Å². The summed E-state index contributed by atoms with van der Waals surface area (Å²) in [6.45, 7) is 1.89. The lowest BCUT2D eigenvalue weighted by molar-refractivity contribution is -0.107. The number of anilines is 1. The van der Waals surface area contributed by atoms with Crippen molar-refractivity contribution in [1.29, 1.82) is 0 Å². The Bertz CT molecular complexity index is 650. The van der Waals surface area contributed by atoms with Crippen LogP contribution in [-0.4, -0.2) is 19.2 Å². The van der Waals surface area contributed by atoms with Crippen LogP contribution in [-0.2, 0) is 4.79 Å². The van der Waals surface area contributed by atoms with Crippen LogP contribution in [0.2, 0.25) is 5.02 Å². The molecule has 0 heterocycles. The fourth-order valence-electron chi connectivity index (χ4n) is 1.81. The molecule has 0 aromatic heterocycles. The summed E-state index contributed by atoms with van der Waals surface area (Å²) in [5.41, 5.74) is 2.79. The highest BCUT2D eigenvalue weighted by Crippen LogP contribution is 2.20. The monoisotopic (exact) mass is 287 g/mol. The molecular formula is C16H14ClNO2. The fourth-order valence-corrected chi connectivity index (χ4v) is 1.99. The number of hydrogen-bond acceptors (Lipinski definition) is 2. The number of rotatable bonds is 4. The maximum absolute atomic E-state index is 12.3. The molecule has 2 rings (SSSR count). The third-order valence-corrected chi connectivity index (χ3v) is 3.54. The van der Waals surface area contributed by atoms with Crippen LogP contribution in [0.25, 0.3) is 0 Å². The van der Waals surface area contributed by atoms with Crippen molar-refractivity contribution in [3.05, 3.63) is 64.2 Å². The minimum absolute atomic E-state index is 0.0905. The minimum atomic E-state index is -0.0905. The Morgan fingerprint density at radius 3 is 2.25 bits per heavy atom. The number of benzene rings is 2. The summed E-state index contributed by atoms with van der Waals surface area (Å²) in [6.07, 6.45) is 0.719. The standard InChI is InChI=1S/C16H14ClNO2/c1-11-3-4-13(9-15(11)17)16(20)12-5-7-14(8-6-12)18(2)10-19/h3-10H,1-2H3. The molecule has 20 heavy (non-hydrogen) atoms. The van der Waals surface area contributed by atoms with Gasteiger partial charge in [0.25, 0.3) is 0 Å². The van der Waals surface area contributed by atoms with Gasteiger partial charge in [0, 0.05) is 28.9 Å². The van der Waals surface area contributed by atoms with Gasteiger partial charge in [-0.05, 0) is 42.8 Å². The molecule has 0 unspecified atom stereocenters. The van der Waals surface area contributed by atoms with Gasteiger partial charge in [-0.2, -0.15) is 0 Å². The van der Waals surface area contributed by atoms with Crippen LogP contribution in [0.3, 0.4) is 0 Å². The summed E-state index contributed by atoms with van der Waals surface area (Å²) in [5.74, 6) is -0.0905. The van der Waals surface area contributed by atoms with Crippen molar-refractivity contribution in [3.63, 3.8) is 0 Å². The molecule has 102 valence electrons.